The molecule has 1 aliphatic rings. The summed E-state index contributed by atoms with van der Waals surface area (Å²) in [6.45, 7) is 1.10. The lowest BCUT2D eigenvalue weighted by atomic mass is 10.1. The first-order valence-electron chi connectivity index (χ1n) is 5.32. The molecule has 0 amide bonds. The van der Waals surface area contributed by atoms with Gasteiger partial charge in [0.1, 0.15) is 18.2 Å². The van der Waals surface area contributed by atoms with E-state index < -0.39 is 0 Å². The van der Waals surface area contributed by atoms with Crippen molar-refractivity contribution >= 4 is 28.1 Å². The van der Waals surface area contributed by atoms with Crippen molar-refractivity contribution in [1.82, 2.24) is 4.37 Å². The van der Waals surface area contributed by atoms with Gasteiger partial charge in [0.2, 0.25) is 0 Å². The monoisotopic (exact) mass is 277 g/mol. The molecule has 0 unspecified atom stereocenters. The Morgan fingerprint density at radius 2 is 2.17 bits per heavy atom. The smallest absolute Gasteiger partial charge is 0.162 e. The van der Waals surface area contributed by atoms with Gasteiger partial charge in [0.25, 0.3) is 0 Å². The Bertz CT molecular complexity index is 634. The Hall–Kier alpha value is -1.61. The third-order valence-corrected chi connectivity index (χ3v) is 4.01. The number of nitriles is 1. The summed E-state index contributed by atoms with van der Waals surface area (Å²) in [5, 5.41) is 11.6. The van der Waals surface area contributed by atoms with Crippen molar-refractivity contribution in [3.8, 4) is 6.07 Å². The highest BCUT2D eigenvalue weighted by molar-refractivity contribution is 7.10. The quantitative estimate of drug-likeness (QED) is 0.804. The number of anilines is 1. The summed E-state index contributed by atoms with van der Waals surface area (Å²) in [7, 11) is 0. The molecule has 0 atom stereocenters. The molecule has 0 spiro atoms. The molecule has 2 aromatic rings. The number of hydroxylamine groups is 1. The number of benzene rings is 1. The maximum atomic E-state index is 9.06. The van der Waals surface area contributed by atoms with E-state index in [0.717, 1.165) is 0 Å². The number of halogens is 1. The highest BCUT2D eigenvalue weighted by Gasteiger charge is 2.23. The average molecular weight is 278 g/mol. The molecular formula is C12H8ClN3OS. The van der Waals surface area contributed by atoms with Crippen LogP contribution in [0.5, 0.6) is 0 Å². The molecule has 1 aromatic carbocycles. The fraction of sp³-hybridized carbons (Fsp3) is 0.167. The Morgan fingerprint density at radius 1 is 1.39 bits per heavy atom. The lowest BCUT2D eigenvalue weighted by Gasteiger charge is -2.28. The van der Waals surface area contributed by atoms with Crippen LogP contribution in [0, 0.1) is 11.3 Å². The molecule has 0 N–H and O–H groups in total. The van der Waals surface area contributed by atoms with Crippen molar-refractivity contribution in [3.05, 3.63) is 46.1 Å². The largest absolute Gasteiger partial charge is 0.267 e. The highest BCUT2D eigenvalue weighted by atomic mass is 35.5. The van der Waals surface area contributed by atoms with Gasteiger partial charge < -0.3 is 0 Å². The minimum Gasteiger partial charge on any atom is -0.267 e. The molecule has 6 heteroatoms. The molecule has 0 radical (unpaired) electrons. The number of hydrogen-bond acceptors (Lipinski definition) is 5. The summed E-state index contributed by atoms with van der Waals surface area (Å²) in [5.41, 5.74) is 2.74. The molecule has 18 heavy (non-hydrogen) atoms. The van der Waals surface area contributed by atoms with Crippen molar-refractivity contribution in [2.75, 3.05) is 5.06 Å². The molecule has 0 bridgehead atoms. The summed E-state index contributed by atoms with van der Waals surface area (Å²) < 4.78 is 3.98. The van der Waals surface area contributed by atoms with E-state index in [0.29, 0.717) is 23.7 Å². The fourth-order valence-corrected chi connectivity index (χ4v) is 2.85. The van der Waals surface area contributed by atoms with Crippen LogP contribution in [0.3, 0.4) is 0 Å². The molecule has 0 saturated carbocycles. The van der Waals surface area contributed by atoms with E-state index in [1.807, 2.05) is 18.2 Å². The predicted octanol–water partition coefficient (Wildman–Crippen LogP) is 3.12. The lowest BCUT2D eigenvalue weighted by Crippen LogP contribution is -2.27. The van der Waals surface area contributed by atoms with Crippen molar-refractivity contribution < 1.29 is 4.84 Å². The van der Waals surface area contributed by atoms with Crippen molar-refractivity contribution in [3.63, 3.8) is 0 Å². The van der Waals surface area contributed by atoms with Gasteiger partial charge >= 0.3 is 0 Å². The number of fused-ring (bicyclic) bond motifs is 1. The van der Waals surface area contributed by atoms with E-state index in [1.165, 1.54) is 22.7 Å². The topological polar surface area (TPSA) is 49.2 Å². The zero-order valence-electron chi connectivity index (χ0n) is 9.26. The minimum absolute atomic E-state index is 0.236. The summed E-state index contributed by atoms with van der Waals surface area (Å²) in [6.07, 6.45) is 0. The van der Waals surface area contributed by atoms with Gasteiger partial charge in [-0.1, -0.05) is 35.9 Å². The molecule has 90 valence electrons. The van der Waals surface area contributed by atoms with Crippen molar-refractivity contribution in [2.24, 2.45) is 0 Å². The van der Waals surface area contributed by atoms with Crippen LogP contribution in [0.25, 0.3) is 0 Å². The first-order chi connectivity index (χ1) is 8.79. The van der Waals surface area contributed by atoms with Crippen LogP contribution in [-0.4, -0.2) is 4.37 Å². The van der Waals surface area contributed by atoms with Crippen molar-refractivity contribution in [2.45, 2.75) is 13.2 Å². The fourth-order valence-electron chi connectivity index (χ4n) is 1.86. The average Bonchev–Trinajstić information content (AvgIpc) is 2.79. The van der Waals surface area contributed by atoms with Crippen LogP contribution in [0.15, 0.2) is 24.3 Å². The van der Waals surface area contributed by atoms with E-state index in [9.17, 15) is 0 Å². The Morgan fingerprint density at radius 3 is 2.94 bits per heavy atom. The molecule has 1 aromatic heterocycles. The summed E-state index contributed by atoms with van der Waals surface area (Å²) in [5.74, 6) is 0. The van der Waals surface area contributed by atoms with Gasteiger partial charge in [0.15, 0.2) is 10.2 Å². The molecule has 0 aliphatic carbocycles. The maximum Gasteiger partial charge on any atom is 0.162 e. The van der Waals surface area contributed by atoms with Gasteiger partial charge in [0, 0.05) is 0 Å². The van der Waals surface area contributed by atoms with Crippen LogP contribution in [0.1, 0.15) is 16.7 Å². The Labute approximate surface area is 113 Å². The van der Waals surface area contributed by atoms with Gasteiger partial charge in [-0.3, -0.25) is 4.84 Å². The van der Waals surface area contributed by atoms with Gasteiger partial charge in [-0.2, -0.15) is 9.64 Å². The molecule has 2 heterocycles. The standard InChI is InChI=1S/C12H8ClN3OS/c13-11-10(5-14)12(18-15-11)16-6-8-3-1-2-4-9(8)7-17-16/h1-4H,6-7H2. The third-order valence-electron chi connectivity index (χ3n) is 2.78. The number of hydrogen-bond donors (Lipinski definition) is 0. The first-order valence-corrected chi connectivity index (χ1v) is 6.47. The summed E-state index contributed by atoms with van der Waals surface area (Å²) >= 11 is 7.04. The van der Waals surface area contributed by atoms with Gasteiger partial charge in [-0.25, -0.2) is 5.06 Å². The van der Waals surface area contributed by atoms with Gasteiger partial charge in [-0.15, -0.1) is 0 Å². The maximum absolute atomic E-state index is 9.06. The van der Waals surface area contributed by atoms with Gasteiger partial charge in [-0.05, 0) is 22.7 Å². The third kappa shape index (κ3) is 1.85. The normalized spacial score (nSPS) is 14.1. The van der Waals surface area contributed by atoms with Crippen molar-refractivity contribution in [1.29, 1.82) is 5.26 Å². The number of aromatic nitrogens is 1. The van der Waals surface area contributed by atoms with E-state index in [-0.39, 0.29) is 5.15 Å². The molecule has 0 saturated heterocycles. The highest BCUT2D eigenvalue weighted by Crippen LogP contribution is 2.34. The van der Waals surface area contributed by atoms with Gasteiger partial charge in [0.05, 0.1) is 6.54 Å². The Balaban J connectivity index is 1.95. The molecular weight excluding hydrogens is 270 g/mol. The second kappa shape index (κ2) is 4.58. The van der Waals surface area contributed by atoms with E-state index in [1.54, 1.807) is 5.06 Å². The molecule has 3 rings (SSSR count). The molecule has 4 nitrogen and oxygen atoms in total. The minimum atomic E-state index is 0.236. The second-order valence-electron chi connectivity index (χ2n) is 3.84. The predicted molar refractivity (Wildman–Crippen MR) is 69.3 cm³/mol. The summed E-state index contributed by atoms with van der Waals surface area (Å²) in [4.78, 5) is 5.64. The number of nitrogens with zero attached hydrogens (tertiary/aromatic N) is 3. The zero-order valence-corrected chi connectivity index (χ0v) is 10.8. The van der Waals surface area contributed by atoms with E-state index in [4.69, 9.17) is 21.7 Å². The van der Waals surface area contributed by atoms with Crippen LogP contribution in [0.2, 0.25) is 5.15 Å². The van der Waals surface area contributed by atoms with Crippen LogP contribution in [-0.2, 0) is 18.0 Å². The number of rotatable bonds is 1. The van der Waals surface area contributed by atoms with Crippen LogP contribution >= 0.6 is 23.1 Å². The Kier molecular flexibility index (Phi) is 2.92. The first kappa shape index (κ1) is 11.5. The summed E-state index contributed by atoms with van der Waals surface area (Å²) in [6, 6.07) is 10.1. The van der Waals surface area contributed by atoms with Crippen LogP contribution < -0.4 is 5.06 Å². The SMILES string of the molecule is N#Cc1c(Cl)nsc1N1Cc2ccccc2CO1. The van der Waals surface area contributed by atoms with E-state index >= 15 is 0 Å². The van der Waals surface area contributed by atoms with Crippen LogP contribution in [0.4, 0.5) is 5.00 Å². The second-order valence-corrected chi connectivity index (χ2v) is 4.95. The molecule has 0 fully saturated rings. The van der Waals surface area contributed by atoms with E-state index in [2.05, 4.69) is 16.5 Å². The molecule has 1 aliphatic heterocycles. The lowest BCUT2D eigenvalue weighted by molar-refractivity contribution is 0.0794. The zero-order chi connectivity index (χ0) is 12.5.